The second-order valence-electron chi connectivity index (χ2n) is 4.32. The second-order valence-corrected chi connectivity index (χ2v) is 5.18. The molecule has 90 valence electrons. The van der Waals surface area contributed by atoms with Gasteiger partial charge in [0, 0.05) is 10.5 Å². The van der Waals surface area contributed by atoms with E-state index in [9.17, 15) is 5.11 Å². The average Bonchev–Trinajstić information content (AvgIpc) is 2.21. The normalized spacial score (nSPS) is 14.8. The van der Waals surface area contributed by atoms with E-state index in [2.05, 4.69) is 53.3 Å². The van der Waals surface area contributed by atoms with Crippen LogP contribution in [0.3, 0.4) is 0 Å². The molecule has 0 saturated carbocycles. The highest BCUT2D eigenvalue weighted by Crippen LogP contribution is 2.21. The molecule has 0 radical (unpaired) electrons. The molecule has 1 rings (SSSR count). The van der Waals surface area contributed by atoms with Crippen LogP contribution < -0.4 is 5.32 Å². The summed E-state index contributed by atoms with van der Waals surface area (Å²) in [6.45, 7) is 6.89. The summed E-state index contributed by atoms with van der Waals surface area (Å²) in [6, 6.07) is 6.71. The monoisotopic (exact) mass is 285 g/mol. The van der Waals surface area contributed by atoms with Gasteiger partial charge >= 0.3 is 0 Å². The van der Waals surface area contributed by atoms with E-state index in [1.165, 1.54) is 11.1 Å². The van der Waals surface area contributed by atoms with Gasteiger partial charge in [0.15, 0.2) is 0 Å². The van der Waals surface area contributed by atoms with Crippen LogP contribution in [0.4, 0.5) is 0 Å². The number of benzene rings is 1. The Morgan fingerprint density at radius 1 is 1.38 bits per heavy atom. The maximum Gasteiger partial charge on any atom is 0.0524 e. The highest BCUT2D eigenvalue weighted by atomic mass is 79.9. The average molecular weight is 286 g/mol. The van der Waals surface area contributed by atoms with E-state index in [0.29, 0.717) is 6.04 Å². The third-order valence-corrected chi connectivity index (χ3v) is 3.58. The summed E-state index contributed by atoms with van der Waals surface area (Å²) in [5.41, 5.74) is 2.54. The standard InChI is InChI=1S/C13H20BrNO/c1-9-8-12(4-5-13(9)14)11(3)15-7-6-10(2)16/h4-5,8,10-11,15-16H,6-7H2,1-3H3. The summed E-state index contributed by atoms with van der Waals surface area (Å²) >= 11 is 3.50. The first-order chi connectivity index (χ1) is 7.50. The van der Waals surface area contributed by atoms with Gasteiger partial charge in [0.1, 0.15) is 0 Å². The number of rotatable bonds is 5. The Morgan fingerprint density at radius 3 is 2.62 bits per heavy atom. The van der Waals surface area contributed by atoms with E-state index in [0.717, 1.165) is 17.4 Å². The molecule has 0 bridgehead atoms. The van der Waals surface area contributed by atoms with Crippen LogP contribution in [0.25, 0.3) is 0 Å². The third kappa shape index (κ3) is 4.24. The number of halogens is 1. The summed E-state index contributed by atoms with van der Waals surface area (Å²) in [7, 11) is 0. The number of aliphatic hydroxyl groups is 1. The van der Waals surface area contributed by atoms with Crippen molar-refractivity contribution < 1.29 is 5.11 Å². The Bertz CT molecular complexity index is 339. The van der Waals surface area contributed by atoms with Crippen molar-refractivity contribution in [2.24, 2.45) is 0 Å². The van der Waals surface area contributed by atoms with E-state index in [1.807, 2.05) is 6.92 Å². The molecule has 0 aliphatic heterocycles. The summed E-state index contributed by atoms with van der Waals surface area (Å²) in [6.07, 6.45) is 0.561. The fourth-order valence-electron chi connectivity index (χ4n) is 1.56. The van der Waals surface area contributed by atoms with Crippen molar-refractivity contribution in [3.05, 3.63) is 33.8 Å². The van der Waals surface area contributed by atoms with Crippen LogP contribution in [0.5, 0.6) is 0 Å². The van der Waals surface area contributed by atoms with Gasteiger partial charge in [-0.3, -0.25) is 0 Å². The Kier molecular flexibility index (Phi) is 5.46. The molecule has 16 heavy (non-hydrogen) atoms. The van der Waals surface area contributed by atoms with Crippen LogP contribution in [0.15, 0.2) is 22.7 Å². The number of hydrogen-bond donors (Lipinski definition) is 2. The molecule has 0 fully saturated rings. The molecule has 2 unspecified atom stereocenters. The van der Waals surface area contributed by atoms with Gasteiger partial charge in [-0.15, -0.1) is 0 Å². The zero-order valence-electron chi connectivity index (χ0n) is 10.1. The molecule has 0 spiro atoms. The molecule has 0 heterocycles. The van der Waals surface area contributed by atoms with Crippen LogP contribution in [-0.4, -0.2) is 17.8 Å². The largest absolute Gasteiger partial charge is 0.393 e. The molecule has 1 aromatic carbocycles. The number of aryl methyl sites for hydroxylation is 1. The summed E-state index contributed by atoms with van der Waals surface area (Å²) < 4.78 is 1.15. The summed E-state index contributed by atoms with van der Waals surface area (Å²) in [5, 5.41) is 12.6. The van der Waals surface area contributed by atoms with Crippen LogP contribution in [0.1, 0.15) is 37.4 Å². The molecule has 0 amide bonds. The maximum absolute atomic E-state index is 9.17. The number of nitrogens with one attached hydrogen (secondary N) is 1. The predicted molar refractivity (Wildman–Crippen MR) is 71.6 cm³/mol. The summed E-state index contributed by atoms with van der Waals surface area (Å²) in [5.74, 6) is 0. The first-order valence-electron chi connectivity index (χ1n) is 5.68. The van der Waals surface area contributed by atoms with Crippen molar-refractivity contribution >= 4 is 15.9 Å². The quantitative estimate of drug-likeness (QED) is 0.871. The second kappa shape index (κ2) is 6.38. The van der Waals surface area contributed by atoms with E-state index in [4.69, 9.17) is 0 Å². The first kappa shape index (κ1) is 13.7. The maximum atomic E-state index is 9.17. The van der Waals surface area contributed by atoms with E-state index < -0.39 is 0 Å². The van der Waals surface area contributed by atoms with Gasteiger partial charge in [0.2, 0.25) is 0 Å². The Balaban J connectivity index is 2.52. The van der Waals surface area contributed by atoms with Gasteiger partial charge in [-0.05, 0) is 50.9 Å². The minimum atomic E-state index is -0.230. The molecular weight excluding hydrogens is 266 g/mol. The molecular formula is C13H20BrNO. The van der Waals surface area contributed by atoms with Crippen molar-refractivity contribution in [3.63, 3.8) is 0 Å². The molecule has 3 heteroatoms. The number of aliphatic hydroxyl groups excluding tert-OH is 1. The van der Waals surface area contributed by atoms with Crippen LogP contribution in [0, 0.1) is 6.92 Å². The Morgan fingerprint density at radius 2 is 2.06 bits per heavy atom. The van der Waals surface area contributed by atoms with E-state index in [-0.39, 0.29) is 6.10 Å². The molecule has 0 aromatic heterocycles. The van der Waals surface area contributed by atoms with Gasteiger partial charge in [-0.1, -0.05) is 28.1 Å². The highest BCUT2D eigenvalue weighted by Gasteiger charge is 2.06. The van der Waals surface area contributed by atoms with Gasteiger partial charge in [-0.25, -0.2) is 0 Å². The molecule has 0 aliphatic carbocycles. The summed E-state index contributed by atoms with van der Waals surface area (Å²) in [4.78, 5) is 0. The lowest BCUT2D eigenvalue weighted by atomic mass is 10.1. The zero-order valence-corrected chi connectivity index (χ0v) is 11.7. The minimum absolute atomic E-state index is 0.230. The Hall–Kier alpha value is -0.380. The fraction of sp³-hybridized carbons (Fsp3) is 0.538. The van der Waals surface area contributed by atoms with Gasteiger partial charge in [0.25, 0.3) is 0 Å². The third-order valence-electron chi connectivity index (χ3n) is 2.69. The molecule has 2 N–H and O–H groups in total. The lowest BCUT2D eigenvalue weighted by Crippen LogP contribution is -2.22. The Labute approximate surface area is 106 Å². The lowest BCUT2D eigenvalue weighted by molar-refractivity contribution is 0.182. The van der Waals surface area contributed by atoms with Gasteiger partial charge < -0.3 is 10.4 Å². The molecule has 1 aromatic rings. The van der Waals surface area contributed by atoms with Crippen molar-refractivity contribution in [2.45, 2.75) is 39.3 Å². The van der Waals surface area contributed by atoms with Crippen LogP contribution in [0.2, 0.25) is 0 Å². The van der Waals surface area contributed by atoms with Crippen molar-refractivity contribution in [3.8, 4) is 0 Å². The number of hydrogen-bond acceptors (Lipinski definition) is 2. The van der Waals surface area contributed by atoms with E-state index >= 15 is 0 Å². The predicted octanol–water partition coefficient (Wildman–Crippen LogP) is 3.18. The zero-order chi connectivity index (χ0) is 12.1. The van der Waals surface area contributed by atoms with Gasteiger partial charge in [-0.2, -0.15) is 0 Å². The fourth-order valence-corrected chi connectivity index (χ4v) is 1.81. The highest BCUT2D eigenvalue weighted by molar-refractivity contribution is 9.10. The van der Waals surface area contributed by atoms with Gasteiger partial charge in [0.05, 0.1) is 6.10 Å². The molecule has 2 atom stereocenters. The molecule has 2 nitrogen and oxygen atoms in total. The lowest BCUT2D eigenvalue weighted by Gasteiger charge is -2.16. The minimum Gasteiger partial charge on any atom is -0.393 e. The van der Waals surface area contributed by atoms with Crippen LogP contribution in [-0.2, 0) is 0 Å². The smallest absolute Gasteiger partial charge is 0.0524 e. The SMILES string of the molecule is Cc1cc(C(C)NCCC(C)O)ccc1Br. The first-order valence-corrected chi connectivity index (χ1v) is 6.47. The van der Waals surface area contributed by atoms with Crippen LogP contribution >= 0.6 is 15.9 Å². The molecule has 0 aliphatic rings. The van der Waals surface area contributed by atoms with Crippen molar-refractivity contribution in [1.29, 1.82) is 0 Å². The van der Waals surface area contributed by atoms with Crippen molar-refractivity contribution in [2.75, 3.05) is 6.54 Å². The molecule has 0 saturated heterocycles. The topological polar surface area (TPSA) is 32.3 Å². The van der Waals surface area contributed by atoms with Crippen molar-refractivity contribution in [1.82, 2.24) is 5.32 Å². The van der Waals surface area contributed by atoms with E-state index in [1.54, 1.807) is 0 Å².